The van der Waals surface area contributed by atoms with Crippen molar-refractivity contribution in [1.29, 1.82) is 0 Å². The first-order valence-corrected chi connectivity index (χ1v) is 11.8. The van der Waals surface area contributed by atoms with Gasteiger partial charge in [-0.05, 0) is 54.6 Å². The highest BCUT2D eigenvalue weighted by Gasteiger charge is 2.41. The zero-order chi connectivity index (χ0) is 22.9. The van der Waals surface area contributed by atoms with E-state index in [0.717, 1.165) is 23.4 Å². The highest BCUT2D eigenvalue weighted by atomic mass is 32.1. The molecule has 33 heavy (non-hydrogen) atoms. The van der Waals surface area contributed by atoms with Crippen molar-refractivity contribution >= 4 is 28.7 Å². The molecule has 2 aromatic carbocycles. The second-order valence-corrected chi connectivity index (χ2v) is 9.42. The van der Waals surface area contributed by atoms with Crippen LogP contribution in [0.3, 0.4) is 0 Å². The fourth-order valence-corrected chi connectivity index (χ4v) is 5.62. The average Bonchev–Trinajstić information content (AvgIpc) is 3.34. The first-order chi connectivity index (χ1) is 16.0. The Hall–Kier alpha value is -3.64. The Morgan fingerprint density at radius 3 is 2.48 bits per heavy atom. The first-order valence-electron chi connectivity index (χ1n) is 10.9. The van der Waals surface area contributed by atoms with E-state index in [4.69, 9.17) is 0 Å². The first kappa shape index (κ1) is 21.2. The van der Waals surface area contributed by atoms with Crippen molar-refractivity contribution in [2.45, 2.75) is 31.6 Å². The minimum absolute atomic E-state index is 0.0535. The number of aromatic hydroxyl groups is 1. The maximum atomic E-state index is 13.5. The fraction of sp³-hybridized carbons (Fsp3) is 0.185. The van der Waals surface area contributed by atoms with Crippen LogP contribution in [0.4, 0.5) is 5.69 Å². The van der Waals surface area contributed by atoms with Crippen molar-refractivity contribution in [1.82, 2.24) is 5.32 Å². The summed E-state index contributed by atoms with van der Waals surface area (Å²) in [4.78, 5) is 28.2. The number of hydrogen-bond acceptors (Lipinski definition) is 5. The molecule has 0 saturated carbocycles. The van der Waals surface area contributed by atoms with E-state index in [1.54, 1.807) is 35.6 Å². The Balaban J connectivity index is 1.57. The zero-order valence-electron chi connectivity index (χ0n) is 18.2. The molecule has 3 N–H and O–H groups in total. The van der Waals surface area contributed by atoms with Gasteiger partial charge in [0.2, 0.25) is 0 Å². The van der Waals surface area contributed by atoms with Crippen LogP contribution in [-0.2, 0) is 9.59 Å². The second-order valence-electron chi connectivity index (χ2n) is 8.44. The number of phenols is 1. The van der Waals surface area contributed by atoms with E-state index in [1.807, 2.05) is 48.7 Å². The highest BCUT2D eigenvalue weighted by molar-refractivity contribution is 7.10. The number of carbonyl (C=O) groups is 2. The summed E-state index contributed by atoms with van der Waals surface area (Å²) in [5, 5.41) is 18.2. The molecule has 2 unspecified atom stereocenters. The third kappa shape index (κ3) is 4.10. The van der Waals surface area contributed by atoms with Gasteiger partial charge < -0.3 is 15.7 Å². The number of thiophene rings is 1. The quantitative estimate of drug-likeness (QED) is 0.488. The number of rotatable bonds is 4. The molecule has 0 spiro atoms. The highest BCUT2D eigenvalue weighted by Crippen LogP contribution is 2.46. The molecule has 2 heterocycles. The number of allylic oxidation sites excluding steroid dienone is 3. The predicted molar refractivity (Wildman–Crippen MR) is 130 cm³/mol. The smallest absolute Gasteiger partial charge is 0.254 e. The van der Waals surface area contributed by atoms with E-state index < -0.39 is 5.92 Å². The Labute approximate surface area is 196 Å². The number of Topliss-reactive ketones (excluding diaryl/α,β-unsaturated/α-hetero) is 1. The van der Waals surface area contributed by atoms with Gasteiger partial charge in [-0.1, -0.05) is 36.4 Å². The molecule has 1 aliphatic heterocycles. The standard InChI is InChI=1S/C27H24N2O3S/c1-16-24(27(32)29-19-6-3-2-4-7-19)25(17-9-11-20(30)12-10-17)26-21(28-16)14-18(15-22(26)31)23-8-5-13-33-23/h2-13,18,25,28,30H,14-15H2,1H3,(H,29,32). The largest absolute Gasteiger partial charge is 0.508 e. The molecule has 166 valence electrons. The molecular weight excluding hydrogens is 432 g/mol. The number of anilines is 1. The number of nitrogens with one attached hydrogen (secondary N) is 2. The van der Waals surface area contributed by atoms with Crippen molar-refractivity contribution in [2.24, 2.45) is 0 Å². The van der Waals surface area contributed by atoms with E-state index >= 15 is 0 Å². The second kappa shape index (κ2) is 8.71. The van der Waals surface area contributed by atoms with Gasteiger partial charge in [0.15, 0.2) is 5.78 Å². The summed E-state index contributed by atoms with van der Waals surface area (Å²) in [5.41, 5.74) is 4.29. The third-order valence-corrected chi connectivity index (χ3v) is 7.31. The molecule has 3 aromatic rings. The Bertz CT molecular complexity index is 1260. The van der Waals surface area contributed by atoms with E-state index in [2.05, 4.69) is 16.7 Å². The lowest BCUT2D eigenvalue weighted by atomic mass is 9.72. The lowest BCUT2D eigenvalue weighted by Crippen LogP contribution is -2.37. The lowest BCUT2D eigenvalue weighted by Gasteiger charge is -2.36. The number of carbonyl (C=O) groups excluding carboxylic acids is 2. The normalized spacial score (nSPS) is 20.3. The molecule has 0 bridgehead atoms. The van der Waals surface area contributed by atoms with Gasteiger partial charge in [-0.25, -0.2) is 0 Å². The monoisotopic (exact) mass is 456 g/mol. The summed E-state index contributed by atoms with van der Waals surface area (Å²) in [7, 11) is 0. The summed E-state index contributed by atoms with van der Waals surface area (Å²) in [5.74, 6) is -0.411. The third-order valence-electron chi connectivity index (χ3n) is 6.28. The molecule has 1 amide bonds. The van der Waals surface area contributed by atoms with Gasteiger partial charge in [0, 0.05) is 51.4 Å². The van der Waals surface area contributed by atoms with Gasteiger partial charge in [0.05, 0.1) is 0 Å². The summed E-state index contributed by atoms with van der Waals surface area (Å²) in [6.07, 6.45) is 1.14. The van der Waals surface area contributed by atoms with Crippen LogP contribution in [0.5, 0.6) is 5.75 Å². The summed E-state index contributed by atoms with van der Waals surface area (Å²) in [6, 6.07) is 20.2. The van der Waals surface area contributed by atoms with Gasteiger partial charge in [-0.3, -0.25) is 9.59 Å². The molecule has 0 radical (unpaired) electrons. The maximum Gasteiger partial charge on any atom is 0.254 e. The molecule has 1 aromatic heterocycles. The number of phenolic OH excluding ortho intramolecular Hbond substituents is 1. The van der Waals surface area contributed by atoms with Crippen molar-refractivity contribution in [3.63, 3.8) is 0 Å². The van der Waals surface area contributed by atoms with Crippen LogP contribution in [0.15, 0.2) is 94.7 Å². The topological polar surface area (TPSA) is 78.4 Å². The van der Waals surface area contributed by atoms with Gasteiger partial charge in [-0.15, -0.1) is 11.3 Å². The van der Waals surface area contributed by atoms with Crippen LogP contribution in [0.25, 0.3) is 0 Å². The predicted octanol–water partition coefficient (Wildman–Crippen LogP) is 5.45. The van der Waals surface area contributed by atoms with E-state index in [1.165, 1.54) is 4.88 Å². The molecule has 0 fully saturated rings. The molecular formula is C27H24N2O3S. The Kier molecular flexibility index (Phi) is 5.60. The lowest BCUT2D eigenvalue weighted by molar-refractivity contribution is -0.116. The SMILES string of the molecule is CC1=C(C(=O)Nc2ccccc2)C(c2ccc(O)cc2)C2=C(CC(c3cccs3)CC2=O)N1. The number of benzene rings is 2. The molecule has 5 nitrogen and oxygen atoms in total. The fourth-order valence-electron chi connectivity index (χ4n) is 4.78. The summed E-state index contributed by atoms with van der Waals surface area (Å²) < 4.78 is 0. The van der Waals surface area contributed by atoms with Crippen molar-refractivity contribution in [3.05, 3.63) is 105 Å². The minimum atomic E-state index is -0.498. The van der Waals surface area contributed by atoms with Crippen LogP contribution in [-0.4, -0.2) is 16.8 Å². The van der Waals surface area contributed by atoms with E-state index in [0.29, 0.717) is 23.3 Å². The maximum absolute atomic E-state index is 13.5. The van der Waals surface area contributed by atoms with Crippen LogP contribution < -0.4 is 10.6 Å². The summed E-state index contributed by atoms with van der Waals surface area (Å²) >= 11 is 1.67. The number of hydrogen-bond donors (Lipinski definition) is 3. The Morgan fingerprint density at radius 2 is 1.79 bits per heavy atom. The van der Waals surface area contributed by atoms with Crippen molar-refractivity contribution < 1.29 is 14.7 Å². The van der Waals surface area contributed by atoms with E-state index in [9.17, 15) is 14.7 Å². The van der Waals surface area contributed by atoms with Crippen LogP contribution >= 0.6 is 11.3 Å². The number of amides is 1. The van der Waals surface area contributed by atoms with Gasteiger partial charge >= 0.3 is 0 Å². The molecule has 0 saturated heterocycles. The molecule has 2 aliphatic rings. The number of dihydropyridines is 1. The van der Waals surface area contributed by atoms with E-state index in [-0.39, 0.29) is 23.4 Å². The number of ketones is 1. The van der Waals surface area contributed by atoms with Crippen LogP contribution in [0.2, 0.25) is 0 Å². The number of para-hydroxylation sites is 1. The van der Waals surface area contributed by atoms with Crippen molar-refractivity contribution in [3.8, 4) is 5.75 Å². The molecule has 5 rings (SSSR count). The van der Waals surface area contributed by atoms with Crippen LogP contribution in [0.1, 0.15) is 42.0 Å². The molecule has 1 aliphatic carbocycles. The zero-order valence-corrected chi connectivity index (χ0v) is 19.0. The minimum Gasteiger partial charge on any atom is -0.508 e. The van der Waals surface area contributed by atoms with Gasteiger partial charge in [-0.2, -0.15) is 0 Å². The van der Waals surface area contributed by atoms with Crippen molar-refractivity contribution in [2.75, 3.05) is 5.32 Å². The average molecular weight is 457 g/mol. The summed E-state index contributed by atoms with van der Waals surface area (Å²) in [6.45, 7) is 1.89. The molecule has 2 atom stereocenters. The molecule has 6 heteroatoms. The van der Waals surface area contributed by atoms with Crippen LogP contribution in [0, 0.1) is 0 Å². The van der Waals surface area contributed by atoms with Gasteiger partial charge in [0.1, 0.15) is 5.75 Å². The Morgan fingerprint density at radius 1 is 1.03 bits per heavy atom. The van der Waals surface area contributed by atoms with Gasteiger partial charge in [0.25, 0.3) is 5.91 Å².